The maximum atomic E-state index is 13.7. The van der Waals surface area contributed by atoms with Crippen LogP contribution in [0.25, 0.3) is 33.1 Å². The standard InChI is InChI=1S/C26H24N6O3/c1-29-12-16(10-28-29)21-20(34-3)9-18-22-23-19(11-27-18)30(2)25(33)32(23)26(15-35-24(21)22)13-31(14-26)17-7-5-4-6-8-17/h4-12H,13-15H2,1-3H3. The normalized spacial score (nSPS) is 16.0. The molecule has 0 aliphatic carbocycles. The van der Waals surface area contributed by atoms with Gasteiger partial charge in [0.2, 0.25) is 0 Å². The minimum absolute atomic E-state index is 0.0581. The molecule has 9 nitrogen and oxygen atoms in total. The number of anilines is 1. The number of fused-ring (bicyclic) bond motifs is 1. The summed E-state index contributed by atoms with van der Waals surface area (Å²) in [4.78, 5) is 20.6. The number of para-hydroxylation sites is 1. The van der Waals surface area contributed by atoms with Crippen LogP contribution in [0.4, 0.5) is 5.69 Å². The number of imidazole rings is 1. The van der Waals surface area contributed by atoms with Crippen LogP contribution < -0.4 is 20.1 Å². The summed E-state index contributed by atoms with van der Waals surface area (Å²) in [5.41, 5.74) is 4.66. The number of methoxy groups -OCH3 is 1. The molecule has 7 rings (SSSR count). The van der Waals surface area contributed by atoms with Gasteiger partial charge in [0, 0.05) is 50.7 Å². The molecule has 1 spiro atoms. The fourth-order valence-corrected chi connectivity index (χ4v) is 5.65. The van der Waals surface area contributed by atoms with E-state index in [-0.39, 0.29) is 5.69 Å². The number of benzene rings is 2. The molecule has 2 aliphatic rings. The quantitative estimate of drug-likeness (QED) is 0.405. The first kappa shape index (κ1) is 20.1. The van der Waals surface area contributed by atoms with Crippen molar-refractivity contribution >= 4 is 27.6 Å². The lowest BCUT2D eigenvalue weighted by Gasteiger charge is -2.50. The highest BCUT2D eigenvalue weighted by Gasteiger charge is 2.50. The summed E-state index contributed by atoms with van der Waals surface area (Å²) in [5, 5.41) is 5.20. The van der Waals surface area contributed by atoms with Crippen molar-refractivity contribution in [3.05, 3.63) is 65.5 Å². The Morgan fingerprint density at radius 3 is 2.63 bits per heavy atom. The van der Waals surface area contributed by atoms with Crippen molar-refractivity contribution in [3.63, 3.8) is 0 Å². The van der Waals surface area contributed by atoms with Gasteiger partial charge in [0.25, 0.3) is 0 Å². The highest BCUT2D eigenvalue weighted by atomic mass is 16.5. The van der Waals surface area contributed by atoms with Crippen molar-refractivity contribution in [1.29, 1.82) is 0 Å². The molecule has 0 atom stereocenters. The number of hydrogen-bond acceptors (Lipinski definition) is 6. The molecule has 1 fully saturated rings. The van der Waals surface area contributed by atoms with E-state index in [1.807, 2.05) is 49.1 Å². The van der Waals surface area contributed by atoms with Gasteiger partial charge in [0.05, 0.1) is 47.0 Å². The molecule has 3 aromatic heterocycles. The second-order valence-corrected chi connectivity index (χ2v) is 9.45. The Balaban J connectivity index is 1.51. The Morgan fingerprint density at radius 1 is 1.11 bits per heavy atom. The van der Waals surface area contributed by atoms with Gasteiger partial charge < -0.3 is 14.4 Å². The monoisotopic (exact) mass is 468 g/mol. The van der Waals surface area contributed by atoms with Gasteiger partial charge in [-0.3, -0.25) is 18.8 Å². The third-order valence-electron chi connectivity index (χ3n) is 7.36. The molecule has 176 valence electrons. The first-order valence-electron chi connectivity index (χ1n) is 11.5. The van der Waals surface area contributed by atoms with Crippen LogP contribution in [0.2, 0.25) is 0 Å². The summed E-state index contributed by atoms with van der Waals surface area (Å²) in [6.07, 6.45) is 5.52. The van der Waals surface area contributed by atoms with E-state index >= 15 is 0 Å². The van der Waals surface area contributed by atoms with E-state index in [4.69, 9.17) is 14.5 Å². The largest absolute Gasteiger partial charge is 0.496 e. The van der Waals surface area contributed by atoms with Crippen LogP contribution in [0.5, 0.6) is 11.5 Å². The number of pyridine rings is 1. The lowest BCUT2D eigenvalue weighted by Crippen LogP contribution is -2.67. The zero-order chi connectivity index (χ0) is 23.9. The Labute approximate surface area is 200 Å². The van der Waals surface area contributed by atoms with Crippen molar-refractivity contribution in [1.82, 2.24) is 23.9 Å². The molecule has 2 aliphatic heterocycles. The van der Waals surface area contributed by atoms with Crippen LogP contribution in [0.15, 0.2) is 59.8 Å². The molecule has 0 amide bonds. The minimum Gasteiger partial charge on any atom is -0.496 e. The molecule has 1 saturated heterocycles. The molecular weight excluding hydrogens is 444 g/mol. The van der Waals surface area contributed by atoms with Gasteiger partial charge in [-0.1, -0.05) is 18.2 Å². The van der Waals surface area contributed by atoms with Gasteiger partial charge in [0.1, 0.15) is 23.6 Å². The van der Waals surface area contributed by atoms with Crippen LogP contribution >= 0.6 is 0 Å². The van der Waals surface area contributed by atoms with Crippen molar-refractivity contribution in [2.24, 2.45) is 14.1 Å². The van der Waals surface area contributed by atoms with Crippen molar-refractivity contribution < 1.29 is 9.47 Å². The molecule has 0 unspecified atom stereocenters. The fourth-order valence-electron chi connectivity index (χ4n) is 5.65. The summed E-state index contributed by atoms with van der Waals surface area (Å²) in [6, 6.07) is 12.2. The number of hydrogen-bond donors (Lipinski definition) is 0. The van der Waals surface area contributed by atoms with E-state index in [1.54, 1.807) is 28.8 Å². The van der Waals surface area contributed by atoms with Crippen LogP contribution in [-0.4, -0.2) is 50.7 Å². The molecule has 5 aromatic rings. The van der Waals surface area contributed by atoms with E-state index in [2.05, 4.69) is 22.1 Å². The number of nitrogens with zero attached hydrogens (tertiary/aromatic N) is 6. The van der Waals surface area contributed by atoms with Crippen LogP contribution in [-0.2, 0) is 19.6 Å². The molecule has 9 heteroatoms. The molecule has 5 heterocycles. The van der Waals surface area contributed by atoms with Crippen molar-refractivity contribution in [3.8, 4) is 22.6 Å². The third-order valence-corrected chi connectivity index (χ3v) is 7.36. The van der Waals surface area contributed by atoms with Gasteiger partial charge in [-0.15, -0.1) is 0 Å². The number of aromatic nitrogens is 5. The van der Waals surface area contributed by atoms with Gasteiger partial charge in [-0.2, -0.15) is 5.10 Å². The zero-order valence-corrected chi connectivity index (χ0v) is 19.7. The van der Waals surface area contributed by atoms with Gasteiger partial charge >= 0.3 is 5.69 Å². The Kier molecular flexibility index (Phi) is 3.96. The average Bonchev–Trinajstić information content (AvgIpc) is 3.33. The highest BCUT2D eigenvalue weighted by Crippen LogP contribution is 2.49. The lowest BCUT2D eigenvalue weighted by atomic mass is 9.89. The smallest absolute Gasteiger partial charge is 0.329 e. The molecule has 0 radical (unpaired) electrons. The van der Waals surface area contributed by atoms with Crippen LogP contribution in [0, 0.1) is 0 Å². The molecule has 35 heavy (non-hydrogen) atoms. The fraction of sp³-hybridized carbons (Fsp3) is 0.269. The van der Waals surface area contributed by atoms with Gasteiger partial charge in [-0.25, -0.2) is 4.79 Å². The van der Waals surface area contributed by atoms with E-state index in [9.17, 15) is 4.79 Å². The molecule has 0 N–H and O–H groups in total. The summed E-state index contributed by atoms with van der Waals surface area (Å²) in [7, 11) is 5.34. The second-order valence-electron chi connectivity index (χ2n) is 9.45. The van der Waals surface area contributed by atoms with Crippen molar-refractivity contribution in [2.45, 2.75) is 5.54 Å². The number of ether oxygens (including phenoxy) is 2. The molecule has 0 saturated carbocycles. The van der Waals surface area contributed by atoms with Crippen LogP contribution in [0.3, 0.4) is 0 Å². The van der Waals surface area contributed by atoms with E-state index in [0.717, 1.165) is 38.8 Å². The second kappa shape index (κ2) is 6.88. The number of aryl methyl sites for hydroxylation is 2. The van der Waals surface area contributed by atoms with Crippen molar-refractivity contribution in [2.75, 3.05) is 31.7 Å². The predicted octanol–water partition coefficient (Wildman–Crippen LogP) is 2.91. The molecule has 0 bridgehead atoms. The lowest BCUT2D eigenvalue weighted by molar-refractivity contribution is 0.120. The Morgan fingerprint density at radius 2 is 1.91 bits per heavy atom. The summed E-state index contributed by atoms with van der Waals surface area (Å²) in [6.45, 7) is 1.71. The average molecular weight is 469 g/mol. The summed E-state index contributed by atoms with van der Waals surface area (Å²) < 4.78 is 17.8. The maximum absolute atomic E-state index is 13.7. The predicted molar refractivity (Wildman–Crippen MR) is 133 cm³/mol. The van der Waals surface area contributed by atoms with E-state index < -0.39 is 5.54 Å². The maximum Gasteiger partial charge on any atom is 0.329 e. The molecular formula is C26H24N6O3. The van der Waals surface area contributed by atoms with E-state index in [1.165, 1.54) is 0 Å². The molecule has 2 aromatic carbocycles. The topological polar surface area (TPSA) is 79.3 Å². The zero-order valence-electron chi connectivity index (χ0n) is 19.7. The van der Waals surface area contributed by atoms with Crippen LogP contribution in [0.1, 0.15) is 0 Å². The number of rotatable bonds is 3. The summed E-state index contributed by atoms with van der Waals surface area (Å²) in [5.74, 6) is 1.34. The Hall–Kier alpha value is -4.27. The van der Waals surface area contributed by atoms with Gasteiger partial charge in [-0.05, 0) is 12.1 Å². The SMILES string of the molecule is COc1cc2ncc3c4c2c(c1-c1cnn(C)c1)OCC1(CN(c2ccccc2)C1)n4c(=O)n3C. The first-order chi connectivity index (χ1) is 17.0. The van der Waals surface area contributed by atoms with Gasteiger partial charge in [0.15, 0.2) is 0 Å². The Bertz CT molecular complexity index is 1690. The third kappa shape index (κ3) is 2.60. The highest BCUT2D eigenvalue weighted by molar-refractivity contribution is 6.10. The first-order valence-corrected chi connectivity index (χ1v) is 11.5. The minimum atomic E-state index is -0.501. The summed E-state index contributed by atoms with van der Waals surface area (Å²) >= 11 is 0. The van der Waals surface area contributed by atoms with E-state index in [0.29, 0.717) is 31.2 Å².